The van der Waals surface area contributed by atoms with Gasteiger partial charge in [-0.15, -0.1) is 0 Å². The van der Waals surface area contributed by atoms with Crippen LogP contribution < -0.4 is 0 Å². The fraction of sp³-hybridized carbons (Fsp3) is 0.462. The first-order chi connectivity index (χ1) is 8.36. The van der Waals surface area contributed by atoms with E-state index in [0.29, 0.717) is 6.42 Å². The minimum absolute atomic E-state index is 0.165. The zero-order valence-electron chi connectivity index (χ0n) is 11.3. The van der Waals surface area contributed by atoms with Gasteiger partial charge in [0.2, 0.25) is 0 Å². The molecule has 0 amide bonds. The molecule has 1 unspecified atom stereocenters. The number of phenolic OH excluding ortho intramolecular Hbond substituents is 1. The van der Waals surface area contributed by atoms with Gasteiger partial charge in [0.1, 0.15) is 5.75 Å². The van der Waals surface area contributed by atoms with Crippen LogP contribution in [0.4, 0.5) is 0 Å². The van der Waals surface area contributed by atoms with Crippen molar-refractivity contribution < 1.29 is 19.7 Å². The lowest BCUT2D eigenvalue weighted by atomic mass is 10.1. The van der Waals surface area contributed by atoms with Crippen molar-refractivity contribution in [1.82, 2.24) is 4.90 Å². The van der Waals surface area contributed by atoms with Gasteiger partial charge in [0, 0.05) is 13.5 Å². The third-order valence-corrected chi connectivity index (χ3v) is 1.92. The molecule has 2 N–H and O–H groups in total. The van der Waals surface area contributed by atoms with Crippen LogP contribution in [0.15, 0.2) is 24.3 Å². The maximum Gasteiger partial charge on any atom is 0.333 e. The van der Waals surface area contributed by atoms with Crippen molar-refractivity contribution in [3.8, 4) is 5.75 Å². The number of hydrogen-bond donors (Lipinski definition) is 2. The van der Waals surface area contributed by atoms with E-state index in [1.807, 2.05) is 26.0 Å². The summed E-state index contributed by atoms with van der Waals surface area (Å²) in [5.41, 5.74) is 0.817. The van der Waals surface area contributed by atoms with Crippen molar-refractivity contribution in [2.75, 3.05) is 28.3 Å². The lowest BCUT2D eigenvalue weighted by molar-refractivity contribution is -0.148. The molecule has 18 heavy (non-hydrogen) atoms. The summed E-state index contributed by atoms with van der Waals surface area (Å²) in [5, 5.41) is 17.7. The highest BCUT2D eigenvalue weighted by Gasteiger charge is 2.16. The van der Waals surface area contributed by atoms with Crippen LogP contribution in [0.1, 0.15) is 5.56 Å². The fourth-order valence-corrected chi connectivity index (χ4v) is 1.12. The summed E-state index contributed by atoms with van der Waals surface area (Å²) < 4.78 is 4.78. The Labute approximate surface area is 108 Å². The number of methoxy groups -OCH3 is 1. The van der Waals surface area contributed by atoms with Crippen molar-refractivity contribution in [2.45, 2.75) is 12.5 Å². The number of aliphatic carboxylic acids is 1. The number of phenols is 1. The molecule has 102 valence electrons. The summed E-state index contributed by atoms with van der Waals surface area (Å²) in [4.78, 5) is 12.6. The van der Waals surface area contributed by atoms with Crippen LogP contribution in [0.2, 0.25) is 0 Å². The van der Waals surface area contributed by atoms with Gasteiger partial charge in [-0.3, -0.25) is 0 Å². The van der Waals surface area contributed by atoms with E-state index in [-0.39, 0.29) is 5.75 Å². The molecule has 5 nitrogen and oxygen atoms in total. The molecule has 1 atom stereocenters. The average Bonchev–Trinajstić information content (AvgIpc) is 2.27. The largest absolute Gasteiger partial charge is 0.508 e. The molecule has 0 saturated carbocycles. The highest BCUT2D eigenvalue weighted by atomic mass is 16.5. The molecule has 0 aromatic heterocycles. The molecule has 1 rings (SSSR count). The number of carboxylic acid groups (broad SMARTS) is 1. The van der Waals surface area contributed by atoms with Crippen LogP contribution in [0.3, 0.4) is 0 Å². The summed E-state index contributed by atoms with van der Waals surface area (Å²) >= 11 is 0. The van der Waals surface area contributed by atoms with E-state index in [4.69, 9.17) is 14.9 Å². The molecule has 5 heteroatoms. The maximum atomic E-state index is 10.6. The van der Waals surface area contributed by atoms with Crippen LogP contribution in [-0.2, 0) is 16.0 Å². The van der Waals surface area contributed by atoms with Crippen molar-refractivity contribution in [3.63, 3.8) is 0 Å². The average molecular weight is 255 g/mol. The minimum atomic E-state index is -0.986. The van der Waals surface area contributed by atoms with E-state index in [9.17, 15) is 4.79 Å². The van der Waals surface area contributed by atoms with Crippen LogP contribution in [-0.4, -0.2) is 55.4 Å². The van der Waals surface area contributed by atoms with Crippen LogP contribution in [0, 0.1) is 0 Å². The molecule has 0 saturated heterocycles. The van der Waals surface area contributed by atoms with Crippen molar-refractivity contribution in [1.29, 1.82) is 0 Å². The number of ether oxygens (including phenoxy) is 1. The Hall–Kier alpha value is -1.59. The number of rotatable bonds is 4. The molecule has 0 aliphatic heterocycles. The number of benzene rings is 1. The quantitative estimate of drug-likeness (QED) is 0.846. The molecule has 1 aromatic rings. The molecular formula is C13H21NO4. The van der Waals surface area contributed by atoms with Gasteiger partial charge in [0.05, 0.1) is 0 Å². The van der Waals surface area contributed by atoms with Crippen molar-refractivity contribution >= 4 is 5.97 Å². The van der Waals surface area contributed by atoms with E-state index in [2.05, 4.69) is 0 Å². The maximum absolute atomic E-state index is 10.6. The fourth-order valence-electron chi connectivity index (χ4n) is 1.12. The zero-order chi connectivity index (χ0) is 14.1. The Bertz CT molecular complexity index is 346. The van der Waals surface area contributed by atoms with Gasteiger partial charge in [-0.2, -0.15) is 0 Å². The van der Waals surface area contributed by atoms with E-state index in [0.717, 1.165) is 5.56 Å². The number of nitrogens with zero attached hydrogens (tertiary/aromatic N) is 1. The van der Waals surface area contributed by atoms with Crippen LogP contribution in [0.5, 0.6) is 5.75 Å². The SMILES string of the molecule is CN(C)C.COC(Cc1ccc(O)cc1)C(=O)O. The molecule has 0 aliphatic carbocycles. The van der Waals surface area contributed by atoms with Gasteiger partial charge < -0.3 is 19.8 Å². The Morgan fingerprint density at radius 3 is 2.06 bits per heavy atom. The third kappa shape index (κ3) is 7.65. The molecule has 0 aliphatic rings. The predicted molar refractivity (Wildman–Crippen MR) is 69.9 cm³/mol. The lowest BCUT2D eigenvalue weighted by Crippen LogP contribution is -2.24. The van der Waals surface area contributed by atoms with Gasteiger partial charge in [-0.1, -0.05) is 12.1 Å². The monoisotopic (exact) mass is 255 g/mol. The first-order valence-electron chi connectivity index (χ1n) is 5.51. The molecule has 0 heterocycles. The second-order valence-corrected chi connectivity index (χ2v) is 4.27. The standard InChI is InChI=1S/C10H12O4.C3H9N/c1-14-9(10(12)13)6-7-2-4-8(11)5-3-7;1-4(2)3/h2-5,9,11H,6H2,1H3,(H,12,13);1-3H3. The Balaban J connectivity index is 0.000000631. The summed E-state index contributed by atoms with van der Waals surface area (Å²) in [5.74, 6) is -0.821. The molecule has 0 fully saturated rings. The van der Waals surface area contributed by atoms with Gasteiger partial charge in [0.15, 0.2) is 6.10 Å². The molecule has 0 spiro atoms. The second kappa shape index (κ2) is 8.49. The number of carbonyl (C=O) groups is 1. The van der Waals surface area contributed by atoms with E-state index < -0.39 is 12.1 Å². The van der Waals surface area contributed by atoms with Gasteiger partial charge >= 0.3 is 5.97 Å². The molecule has 0 bridgehead atoms. The topological polar surface area (TPSA) is 70.0 Å². The number of carboxylic acids is 1. The van der Waals surface area contributed by atoms with Gasteiger partial charge in [-0.25, -0.2) is 4.79 Å². The van der Waals surface area contributed by atoms with Gasteiger partial charge in [-0.05, 0) is 38.8 Å². The minimum Gasteiger partial charge on any atom is -0.508 e. The normalized spacial score (nSPS) is 11.6. The summed E-state index contributed by atoms with van der Waals surface area (Å²) in [6.45, 7) is 0. The number of hydrogen-bond acceptors (Lipinski definition) is 4. The summed E-state index contributed by atoms with van der Waals surface area (Å²) in [6.07, 6.45) is -0.536. The van der Waals surface area contributed by atoms with E-state index >= 15 is 0 Å². The van der Waals surface area contributed by atoms with Crippen molar-refractivity contribution in [2.24, 2.45) is 0 Å². The zero-order valence-corrected chi connectivity index (χ0v) is 11.3. The lowest BCUT2D eigenvalue weighted by Gasteiger charge is -2.09. The Kier molecular flexibility index (Phi) is 7.74. The smallest absolute Gasteiger partial charge is 0.333 e. The Morgan fingerprint density at radius 1 is 1.28 bits per heavy atom. The van der Waals surface area contributed by atoms with Gasteiger partial charge in [0.25, 0.3) is 0 Å². The summed E-state index contributed by atoms with van der Waals surface area (Å²) in [7, 11) is 7.36. The predicted octanol–water partition coefficient (Wildman–Crippen LogP) is 1.21. The molecular weight excluding hydrogens is 234 g/mol. The van der Waals surface area contributed by atoms with E-state index in [1.54, 1.807) is 12.1 Å². The highest BCUT2D eigenvalue weighted by molar-refractivity contribution is 5.72. The number of aromatic hydroxyl groups is 1. The third-order valence-electron chi connectivity index (χ3n) is 1.92. The second-order valence-electron chi connectivity index (χ2n) is 4.27. The summed E-state index contributed by atoms with van der Waals surface area (Å²) in [6, 6.07) is 6.38. The highest BCUT2D eigenvalue weighted by Crippen LogP contribution is 2.12. The van der Waals surface area contributed by atoms with Crippen LogP contribution in [0.25, 0.3) is 0 Å². The van der Waals surface area contributed by atoms with E-state index in [1.165, 1.54) is 19.2 Å². The molecule has 0 radical (unpaired) electrons. The first kappa shape index (κ1) is 16.4. The molecule has 1 aromatic carbocycles. The first-order valence-corrected chi connectivity index (χ1v) is 5.51. The van der Waals surface area contributed by atoms with Crippen molar-refractivity contribution in [3.05, 3.63) is 29.8 Å². The van der Waals surface area contributed by atoms with Crippen LogP contribution >= 0.6 is 0 Å². The Morgan fingerprint density at radius 2 is 1.72 bits per heavy atom.